The largest absolute Gasteiger partial charge is 0.390 e. The molecule has 2 N–H and O–H groups in total. The lowest BCUT2D eigenvalue weighted by molar-refractivity contribution is -0.132. The SMILES string of the molecule is CCNC(=NCc1c(C)nn(CCOC)c1C)NCCC(F)(F)F.I. The van der Waals surface area contributed by atoms with Crippen LogP contribution in [0.15, 0.2) is 4.99 Å². The highest BCUT2D eigenvalue weighted by Gasteiger charge is 2.26. The Morgan fingerprint density at radius 1 is 1.28 bits per heavy atom. The van der Waals surface area contributed by atoms with Crippen LogP contribution >= 0.6 is 24.0 Å². The second kappa shape index (κ2) is 11.6. The predicted octanol–water partition coefficient (Wildman–Crippen LogP) is 2.77. The Labute approximate surface area is 163 Å². The molecule has 0 spiro atoms. The average molecular weight is 477 g/mol. The van der Waals surface area contributed by atoms with Gasteiger partial charge >= 0.3 is 6.18 Å². The van der Waals surface area contributed by atoms with E-state index in [2.05, 4.69) is 20.7 Å². The second-order valence-electron chi connectivity index (χ2n) is 5.35. The number of hydrogen-bond donors (Lipinski definition) is 2. The molecule has 0 saturated heterocycles. The van der Waals surface area contributed by atoms with E-state index >= 15 is 0 Å². The van der Waals surface area contributed by atoms with Crippen LogP contribution in [0.25, 0.3) is 0 Å². The van der Waals surface area contributed by atoms with Gasteiger partial charge in [-0.05, 0) is 20.8 Å². The normalized spacial score (nSPS) is 12.0. The summed E-state index contributed by atoms with van der Waals surface area (Å²) in [4.78, 5) is 4.36. The molecule has 25 heavy (non-hydrogen) atoms. The van der Waals surface area contributed by atoms with Crippen molar-refractivity contribution in [1.82, 2.24) is 20.4 Å². The summed E-state index contributed by atoms with van der Waals surface area (Å²) >= 11 is 0. The van der Waals surface area contributed by atoms with Crippen molar-refractivity contribution in [3.63, 3.8) is 0 Å². The van der Waals surface area contributed by atoms with Crippen molar-refractivity contribution >= 4 is 29.9 Å². The molecule has 0 amide bonds. The zero-order chi connectivity index (χ0) is 18.2. The second-order valence-corrected chi connectivity index (χ2v) is 5.35. The van der Waals surface area contributed by atoms with Crippen molar-refractivity contribution in [2.24, 2.45) is 4.99 Å². The number of aryl methyl sites for hydroxylation is 1. The lowest BCUT2D eigenvalue weighted by Gasteiger charge is -2.12. The Morgan fingerprint density at radius 3 is 2.52 bits per heavy atom. The van der Waals surface area contributed by atoms with E-state index in [1.54, 1.807) is 7.11 Å². The Morgan fingerprint density at radius 2 is 1.96 bits per heavy atom. The van der Waals surface area contributed by atoms with E-state index in [1.165, 1.54) is 0 Å². The highest BCUT2D eigenvalue weighted by Crippen LogP contribution is 2.18. The van der Waals surface area contributed by atoms with E-state index in [0.717, 1.165) is 17.0 Å². The summed E-state index contributed by atoms with van der Waals surface area (Å²) in [6.07, 6.45) is -5.08. The van der Waals surface area contributed by atoms with Crippen LogP contribution in [0.4, 0.5) is 13.2 Å². The molecule has 1 aromatic heterocycles. The van der Waals surface area contributed by atoms with Crippen LogP contribution < -0.4 is 10.6 Å². The molecule has 6 nitrogen and oxygen atoms in total. The van der Waals surface area contributed by atoms with Gasteiger partial charge in [0.15, 0.2) is 5.96 Å². The number of methoxy groups -OCH3 is 1. The first-order valence-electron chi connectivity index (χ1n) is 7.89. The molecular formula is C15H27F3IN5O. The fourth-order valence-electron chi connectivity index (χ4n) is 2.18. The highest BCUT2D eigenvalue weighted by molar-refractivity contribution is 14.0. The van der Waals surface area contributed by atoms with Crippen LogP contribution in [-0.2, 0) is 17.8 Å². The van der Waals surface area contributed by atoms with E-state index in [9.17, 15) is 13.2 Å². The maximum absolute atomic E-state index is 12.2. The maximum Gasteiger partial charge on any atom is 0.390 e. The van der Waals surface area contributed by atoms with Crippen LogP contribution in [0.1, 0.15) is 30.3 Å². The van der Waals surface area contributed by atoms with Crippen molar-refractivity contribution in [1.29, 1.82) is 0 Å². The molecule has 0 aliphatic rings. The van der Waals surface area contributed by atoms with Crippen LogP contribution in [0.5, 0.6) is 0 Å². The lowest BCUT2D eigenvalue weighted by Crippen LogP contribution is -2.38. The van der Waals surface area contributed by atoms with Crippen molar-refractivity contribution in [3.8, 4) is 0 Å². The fraction of sp³-hybridized carbons (Fsp3) is 0.733. The number of nitrogens with zero attached hydrogens (tertiary/aromatic N) is 3. The molecule has 0 radical (unpaired) electrons. The van der Waals surface area contributed by atoms with Crippen molar-refractivity contribution in [3.05, 3.63) is 17.0 Å². The predicted molar refractivity (Wildman–Crippen MR) is 102 cm³/mol. The van der Waals surface area contributed by atoms with E-state index in [0.29, 0.717) is 32.2 Å². The molecule has 1 heterocycles. The molecule has 0 atom stereocenters. The molecule has 10 heteroatoms. The van der Waals surface area contributed by atoms with E-state index in [1.807, 2.05) is 25.5 Å². The number of ether oxygens (including phenoxy) is 1. The number of aliphatic imine (C=N–C) groups is 1. The monoisotopic (exact) mass is 477 g/mol. The van der Waals surface area contributed by atoms with E-state index in [-0.39, 0.29) is 30.5 Å². The molecule has 0 aromatic carbocycles. The Balaban J connectivity index is 0.00000576. The van der Waals surface area contributed by atoms with Crippen LogP contribution in [0.2, 0.25) is 0 Å². The quantitative estimate of drug-likeness (QED) is 0.344. The Hall–Kier alpha value is -1.04. The summed E-state index contributed by atoms with van der Waals surface area (Å²) in [6, 6.07) is 0. The fourth-order valence-corrected chi connectivity index (χ4v) is 2.18. The Kier molecular flexibility index (Phi) is 11.1. The van der Waals surface area contributed by atoms with E-state index in [4.69, 9.17) is 4.74 Å². The third kappa shape index (κ3) is 8.75. The minimum atomic E-state index is -4.18. The summed E-state index contributed by atoms with van der Waals surface area (Å²) in [5, 5.41) is 10.1. The van der Waals surface area contributed by atoms with Crippen LogP contribution in [0, 0.1) is 13.8 Å². The molecule has 0 unspecified atom stereocenters. The molecule has 1 aromatic rings. The number of nitrogens with one attached hydrogen (secondary N) is 2. The maximum atomic E-state index is 12.2. The van der Waals surface area contributed by atoms with Gasteiger partial charge in [0.1, 0.15) is 0 Å². The standard InChI is InChI=1S/C15H26F3N5O.HI/c1-5-19-14(20-7-6-15(16,17)18)21-10-13-11(2)22-23(12(13)3)8-9-24-4;/h5-10H2,1-4H3,(H2,19,20,21);1H. The zero-order valence-electron chi connectivity index (χ0n) is 15.0. The van der Waals surface area contributed by atoms with Crippen molar-refractivity contribution in [2.45, 2.75) is 46.5 Å². The number of guanidine groups is 1. The number of hydrogen-bond acceptors (Lipinski definition) is 3. The summed E-state index contributed by atoms with van der Waals surface area (Å²) in [7, 11) is 1.63. The third-order valence-electron chi connectivity index (χ3n) is 3.48. The average Bonchev–Trinajstić information content (AvgIpc) is 2.76. The van der Waals surface area contributed by atoms with Gasteiger partial charge in [-0.2, -0.15) is 18.3 Å². The van der Waals surface area contributed by atoms with Gasteiger partial charge in [-0.15, -0.1) is 24.0 Å². The molecule has 0 aliphatic heterocycles. The molecule has 0 saturated carbocycles. The minimum Gasteiger partial charge on any atom is -0.383 e. The number of aromatic nitrogens is 2. The molecule has 146 valence electrons. The first kappa shape index (κ1) is 24.0. The zero-order valence-corrected chi connectivity index (χ0v) is 17.4. The van der Waals surface area contributed by atoms with Gasteiger partial charge < -0.3 is 15.4 Å². The van der Waals surface area contributed by atoms with Gasteiger partial charge in [0.2, 0.25) is 0 Å². The topological polar surface area (TPSA) is 63.5 Å². The molecule has 0 bridgehead atoms. The smallest absolute Gasteiger partial charge is 0.383 e. The first-order valence-corrected chi connectivity index (χ1v) is 7.89. The van der Waals surface area contributed by atoms with Gasteiger partial charge in [0.25, 0.3) is 0 Å². The molecule has 1 rings (SSSR count). The minimum absolute atomic E-state index is 0. The summed E-state index contributed by atoms with van der Waals surface area (Å²) in [5.41, 5.74) is 2.82. The van der Waals surface area contributed by atoms with E-state index < -0.39 is 12.6 Å². The number of halogens is 4. The van der Waals surface area contributed by atoms with Gasteiger partial charge in [-0.3, -0.25) is 4.68 Å². The van der Waals surface area contributed by atoms with Crippen molar-refractivity contribution < 1.29 is 17.9 Å². The Bertz CT molecular complexity index is 546. The third-order valence-corrected chi connectivity index (χ3v) is 3.48. The van der Waals surface area contributed by atoms with Crippen LogP contribution in [0.3, 0.4) is 0 Å². The molecule has 0 aliphatic carbocycles. The number of alkyl halides is 3. The van der Waals surface area contributed by atoms with Gasteiger partial charge in [0.05, 0.1) is 31.8 Å². The molecule has 0 fully saturated rings. The summed E-state index contributed by atoms with van der Waals surface area (Å²) in [5.74, 6) is 0.366. The first-order chi connectivity index (χ1) is 11.3. The highest BCUT2D eigenvalue weighted by atomic mass is 127. The van der Waals surface area contributed by atoms with Crippen LogP contribution in [-0.4, -0.2) is 48.7 Å². The molecular weight excluding hydrogens is 450 g/mol. The van der Waals surface area contributed by atoms with Gasteiger partial charge in [-0.25, -0.2) is 4.99 Å². The lowest BCUT2D eigenvalue weighted by atomic mass is 10.2. The summed E-state index contributed by atoms with van der Waals surface area (Å²) < 4.78 is 43.6. The van der Waals surface area contributed by atoms with Crippen molar-refractivity contribution in [2.75, 3.05) is 26.8 Å². The number of rotatable bonds is 8. The summed E-state index contributed by atoms with van der Waals surface area (Å²) in [6.45, 7) is 7.63. The van der Waals surface area contributed by atoms with Gasteiger partial charge in [0, 0.05) is 31.5 Å². The van der Waals surface area contributed by atoms with Gasteiger partial charge in [-0.1, -0.05) is 0 Å².